The van der Waals surface area contributed by atoms with Crippen molar-refractivity contribution in [2.24, 2.45) is 0 Å². The molecule has 1 aliphatic rings. The Balaban J connectivity index is 1.95. The Morgan fingerprint density at radius 1 is 1.11 bits per heavy atom. The fourth-order valence-corrected chi connectivity index (χ4v) is 1.79. The molecule has 2 aromatic rings. The molecule has 96 valence electrons. The molecule has 0 saturated heterocycles. The Morgan fingerprint density at radius 3 is 2.58 bits per heavy atom. The molecule has 3 rings (SSSR count). The van der Waals surface area contributed by atoms with E-state index >= 15 is 0 Å². The van der Waals surface area contributed by atoms with E-state index in [-0.39, 0.29) is 5.69 Å². The topological polar surface area (TPSA) is 81.5 Å². The summed E-state index contributed by atoms with van der Waals surface area (Å²) >= 11 is 0. The molecule has 1 aromatic heterocycles. The van der Waals surface area contributed by atoms with E-state index in [4.69, 9.17) is 14.6 Å². The number of carbonyl (C=O) groups is 1. The molecule has 0 atom stereocenters. The molecule has 0 spiro atoms. The number of carboxylic acids is 1. The van der Waals surface area contributed by atoms with Gasteiger partial charge in [0.1, 0.15) is 13.2 Å². The highest BCUT2D eigenvalue weighted by molar-refractivity contribution is 5.85. The second-order valence-corrected chi connectivity index (χ2v) is 3.95. The molecular weight excluding hydrogens is 248 g/mol. The number of aromatic nitrogens is 2. The van der Waals surface area contributed by atoms with Gasteiger partial charge in [0.15, 0.2) is 17.2 Å². The van der Waals surface area contributed by atoms with Crippen molar-refractivity contribution in [1.82, 2.24) is 9.97 Å². The van der Waals surface area contributed by atoms with Crippen LogP contribution in [0.4, 0.5) is 0 Å². The minimum absolute atomic E-state index is 0.0821. The lowest BCUT2D eigenvalue weighted by molar-refractivity contribution is 0.0690. The Bertz CT molecular complexity index is 625. The fraction of sp³-hybridized carbons (Fsp3) is 0.154. The van der Waals surface area contributed by atoms with E-state index < -0.39 is 5.97 Å². The average molecular weight is 258 g/mol. The van der Waals surface area contributed by atoms with Gasteiger partial charge >= 0.3 is 5.97 Å². The first-order valence-electron chi connectivity index (χ1n) is 5.69. The van der Waals surface area contributed by atoms with Crippen LogP contribution in [-0.2, 0) is 0 Å². The monoisotopic (exact) mass is 258 g/mol. The van der Waals surface area contributed by atoms with E-state index in [1.54, 1.807) is 12.1 Å². The van der Waals surface area contributed by atoms with Gasteiger partial charge in [-0.2, -0.15) is 0 Å². The number of benzene rings is 1. The largest absolute Gasteiger partial charge is 0.486 e. The van der Waals surface area contributed by atoms with E-state index in [1.165, 1.54) is 12.4 Å². The maximum Gasteiger partial charge on any atom is 0.356 e. The van der Waals surface area contributed by atoms with Crippen LogP contribution < -0.4 is 9.47 Å². The molecular formula is C13H10N2O4. The van der Waals surface area contributed by atoms with Gasteiger partial charge in [0.25, 0.3) is 0 Å². The predicted octanol–water partition coefficient (Wildman–Crippen LogP) is 1.61. The number of hydrogen-bond acceptors (Lipinski definition) is 5. The van der Waals surface area contributed by atoms with Gasteiger partial charge in [0, 0.05) is 5.56 Å². The van der Waals surface area contributed by atoms with Crippen LogP contribution in [0.2, 0.25) is 0 Å². The van der Waals surface area contributed by atoms with Gasteiger partial charge in [-0.3, -0.25) is 4.98 Å². The molecule has 0 fully saturated rings. The van der Waals surface area contributed by atoms with Crippen molar-refractivity contribution in [3.05, 3.63) is 36.3 Å². The van der Waals surface area contributed by atoms with Crippen molar-refractivity contribution in [3.63, 3.8) is 0 Å². The summed E-state index contributed by atoms with van der Waals surface area (Å²) in [7, 11) is 0. The van der Waals surface area contributed by atoms with Crippen LogP contribution >= 0.6 is 0 Å². The average Bonchev–Trinajstić information content (AvgIpc) is 2.47. The Labute approximate surface area is 108 Å². The number of carboxylic acid groups (broad SMARTS) is 1. The van der Waals surface area contributed by atoms with E-state index in [9.17, 15) is 4.79 Å². The van der Waals surface area contributed by atoms with E-state index in [0.717, 1.165) is 5.56 Å². The van der Waals surface area contributed by atoms with Crippen LogP contribution in [-0.4, -0.2) is 34.3 Å². The van der Waals surface area contributed by atoms with Gasteiger partial charge in [-0.15, -0.1) is 0 Å². The van der Waals surface area contributed by atoms with Crippen molar-refractivity contribution in [2.45, 2.75) is 0 Å². The minimum atomic E-state index is -1.10. The summed E-state index contributed by atoms with van der Waals surface area (Å²) in [6, 6.07) is 5.44. The van der Waals surface area contributed by atoms with E-state index in [1.807, 2.05) is 6.07 Å². The van der Waals surface area contributed by atoms with Crippen LogP contribution in [0.15, 0.2) is 30.6 Å². The highest BCUT2D eigenvalue weighted by atomic mass is 16.6. The lowest BCUT2D eigenvalue weighted by Gasteiger charge is -2.18. The molecule has 6 heteroatoms. The summed E-state index contributed by atoms with van der Waals surface area (Å²) in [4.78, 5) is 18.6. The van der Waals surface area contributed by atoms with Gasteiger partial charge < -0.3 is 14.6 Å². The van der Waals surface area contributed by atoms with Crippen LogP contribution in [0.5, 0.6) is 11.5 Å². The molecule has 0 aliphatic carbocycles. The Morgan fingerprint density at radius 2 is 1.89 bits per heavy atom. The van der Waals surface area contributed by atoms with Crippen LogP contribution in [0.1, 0.15) is 10.5 Å². The summed E-state index contributed by atoms with van der Waals surface area (Å²) in [5.74, 6) is 0.263. The normalized spacial score (nSPS) is 13.1. The second-order valence-electron chi connectivity index (χ2n) is 3.95. The minimum Gasteiger partial charge on any atom is -0.486 e. The zero-order valence-electron chi connectivity index (χ0n) is 9.87. The first-order valence-corrected chi connectivity index (χ1v) is 5.69. The van der Waals surface area contributed by atoms with Crippen molar-refractivity contribution in [2.75, 3.05) is 13.2 Å². The second kappa shape index (κ2) is 4.56. The smallest absolute Gasteiger partial charge is 0.356 e. The predicted molar refractivity (Wildman–Crippen MR) is 65.4 cm³/mol. The molecule has 6 nitrogen and oxygen atoms in total. The number of aromatic carboxylic acids is 1. The number of rotatable bonds is 2. The highest BCUT2D eigenvalue weighted by Gasteiger charge is 2.13. The summed E-state index contributed by atoms with van der Waals surface area (Å²) in [6.45, 7) is 1.06. The zero-order chi connectivity index (χ0) is 13.2. The van der Waals surface area contributed by atoms with Crippen molar-refractivity contribution >= 4 is 5.97 Å². The lowest BCUT2D eigenvalue weighted by Crippen LogP contribution is -2.15. The van der Waals surface area contributed by atoms with Crippen LogP contribution in [0.25, 0.3) is 11.3 Å². The molecule has 0 radical (unpaired) electrons. The summed E-state index contributed by atoms with van der Waals surface area (Å²) in [5.41, 5.74) is 1.30. The lowest BCUT2D eigenvalue weighted by atomic mass is 10.1. The van der Waals surface area contributed by atoms with Gasteiger partial charge in [-0.25, -0.2) is 9.78 Å². The maximum absolute atomic E-state index is 10.7. The van der Waals surface area contributed by atoms with Gasteiger partial charge in [-0.1, -0.05) is 0 Å². The third-order valence-corrected chi connectivity index (χ3v) is 2.71. The fourth-order valence-electron chi connectivity index (χ4n) is 1.79. The highest BCUT2D eigenvalue weighted by Crippen LogP contribution is 2.33. The molecule has 0 amide bonds. The molecule has 19 heavy (non-hydrogen) atoms. The zero-order valence-corrected chi connectivity index (χ0v) is 9.87. The molecule has 0 bridgehead atoms. The summed E-state index contributed by atoms with van der Waals surface area (Å²) < 4.78 is 10.9. The third kappa shape index (κ3) is 2.20. The van der Waals surface area contributed by atoms with Crippen molar-refractivity contribution in [3.8, 4) is 22.8 Å². The molecule has 1 aliphatic heterocycles. The van der Waals surface area contributed by atoms with Gasteiger partial charge in [0.05, 0.1) is 18.1 Å². The van der Waals surface area contributed by atoms with Crippen molar-refractivity contribution in [1.29, 1.82) is 0 Å². The maximum atomic E-state index is 10.7. The number of nitrogens with zero attached hydrogens (tertiary/aromatic N) is 2. The van der Waals surface area contributed by atoms with Gasteiger partial charge in [-0.05, 0) is 18.2 Å². The Hall–Kier alpha value is -2.63. The molecule has 1 N–H and O–H groups in total. The van der Waals surface area contributed by atoms with Crippen LogP contribution in [0, 0.1) is 0 Å². The van der Waals surface area contributed by atoms with Gasteiger partial charge in [0.2, 0.25) is 0 Å². The molecule has 2 heterocycles. The first kappa shape index (κ1) is 11.5. The SMILES string of the molecule is O=C(O)c1cnc(-c2ccc3c(c2)OCCO3)cn1. The number of fused-ring (bicyclic) bond motifs is 1. The number of hydrogen-bond donors (Lipinski definition) is 1. The van der Waals surface area contributed by atoms with Crippen molar-refractivity contribution < 1.29 is 19.4 Å². The molecule has 0 unspecified atom stereocenters. The quantitative estimate of drug-likeness (QED) is 0.881. The Kier molecular flexibility index (Phi) is 2.75. The molecule has 1 aromatic carbocycles. The third-order valence-electron chi connectivity index (χ3n) is 2.71. The van der Waals surface area contributed by atoms with E-state index in [0.29, 0.717) is 30.4 Å². The first-order chi connectivity index (χ1) is 9.24. The summed E-state index contributed by atoms with van der Waals surface area (Å²) in [6.07, 6.45) is 2.66. The summed E-state index contributed by atoms with van der Waals surface area (Å²) in [5, 5.41) is 8.77. The standard InChI is InChI=1S/C13H10N2O4/c16-13(17)10-7-14-9(6-15-10)8-1-2-11-12(5-8)19-4-3-18-11/h1-2,5-7H,3-4H2,(H,16,17). The number of ether oxygens (including phenoxy) is 2. The molecule has 0 saturated carbocycles. The van der Waals surface area contributed by atoms with Crippen LogP contribution in [0.3, 0.4) is 0 Å². The van der Waals surface area contributed by atoms with E-state index in [2.05, 4.69) is 9.97 Å².